The quantitative estimate of drug-likeness (QED) is 0.764. The number of nitrogens with one attached hydrogen (secondary N) is 1. The zero-order valence-corrected chi connectivity index (χ0v) is 10.4. The second kappa shape index (κ2) is 6.72. The predicted molar refractivity (Wildman–Crippen MR) is 68.8 cm³/mol. The van der Waals surface area contributed by atoms with E-state index in [0.29, 0.717) is 17.4 Å². The van der Waals surface area contributed by atoms with E-state index in [-0.39, 0.29) is 0 Å². The smallest absolute Gasteiger partial charge is 0.136 e. The molecule has 1 aromatic carbocycles. The first-order chi connectivity index (χ1) is 8.21. The van der Waals surface area contributed by atoms with Gasteiger partial charge in [0, 0.05) is 12.6 Å². The molecule has 0 saturated heterocycles. The van der Waals surface area contributed by atoms with Gasteiger partial charge in [0.15, 0.2) is 0 Å². The average molecular weight is 230 g/mol. The van der Waals surface area contributed by atoms with Crippen LogP contribution in [0, 0.1) is 11.3 Å². The van der Waals surface area contributed by atoms with Crippen LogP contribution in [0.5, 0.6) is 5.75 Å². The Morgan fingerprint density at radius 3 is 2.94 bits per heavy atom. The summed E-state index contributed by atoms with van der Waals surface area (Å²) in [4.78, 5) is 0. The van der Waals surface area contributed by atoms with E-state index in [0.717, 1.165) is 18.5 Å². The van der Waals surface area contributed by atoms with Crippen LogP contribution in [-0.4, -0.2) is 13.2 Å². The molecule has 0 spiro atoms. The van der Waals surface area contributed by atoms with Crippen LogP contribution >= 0.6 is 0 Å². The van der Waals surface area contributed by atoms with Gasteiger partial charge in [-0.2, -0.15) is 5.26 Å². The lowest BCUT2D eigenvalue weighted by molar-refractivity contribution is 0.413. The van der Waals surface area contributed by atoms with E-state index in [2.05, 4.69) is 24.9 Å². The lowest BCUT2D eigenvalue weighted by Crippen LogP contribution is -2.24. The summed E-state index contributed by atoms with van der Waals surface area (Å²) in [6, 6.07) is 8.17. The second-order valence-corrected chi connectivity index (χ2v) is 3.95. The maximum absolute atomic E-state index is 8.97. The Hall–Kier alpha value is -1.79. The molecule has 1 rings (SSSR count). The Bertz CT molecular complexity index is 421. The molecule has 0 saturated carbocycles. The van der Waals surface area contributed by atoms with E-state index in [4.69, 9.17) is 10.00 Å². The number of rotatable bonds is 6. The standard InChI is InChI=1S/C14H18N2O/c1-4-5-11(2)16-10-12-6-7-14(17-3)13(8-12)9-15/h4,6-8,11,16H,1,5,10H2,2-3H3. The molecule has 0 fully saturated rings. The van der Waals surface area contributed by atoms with Gasteiger partial charge in [-0.25, -0.2) is 0 Å². The predicted octanol–water partition coefficient (Wildman–Crippen LogP) is 2.62. The lowest BCUT2D eigenvalue weighted by atomic mass is 10.1. The second-order valence-electron chi connectivity index (χ2n) is 3.95. The van der Waals surface area contributed by atoms with Crippen molar-refractivity contribution >= 4 is 0 Å². The van der Waals surface area contributed by atoms with Gasteiger partial charge in [0.1, 0.15) is 11.8 Å². The highest BCUT2D eigenvalue weighted by molar-refractivity contribution is 5.45. The molecule has 3 heteroatoms. The van der Waals surface area contributed by atoms with Crippen LogP contribution in [0.4, 0.5) is 0 Å². The van der Waals surface area contributed by atoms with E-state index >= 15 is 0 Å². The fraction of sp³-hybridized carbons (Fsp3) is 0.357. The number of hydrogen-bond donors (Lipinski definition) is 1. The van der Waals surface area contributed by atoms with E-state index in [9.17, 15) is 0 Å². The summed E-state index contributed by atoms with van der Waals surface area (Å²) in [6.45, 7) is 6.56. The van der Waals surface area contributed by atoms with Crippen LogP contribution in [0.25, 0.3) is 0 Å². The molecule has 0 aromatic heterocycles. The molecule has 3 nitrogen and oxygen atoms in total. The molecule has 0 aliphatic carbocycles. The number of ether oxygens (including phenoxy) is 1. The third kappa shape index (κ3) is 3.93. The lowest BCUT2D eigenvalue weighted by Gasteiger charge is -2.12. The van der Waals surface area contributed by atoms with Gasteiger partial charge in [0.2, 0.25) is 0 Å². The Morgan fingerprint density at radius 2 is 2.35 bits per heavy atom. The molecule has 1 unspecified atom stereocenters. The van der Waals surface area contributed by atoms with Crippen molar-refractivity contribution in [2.45, 2.75) is 25.9 Å². The molecule has 1 atom stereocenters. The zero-order valence-electron chi connectivity index (χ0n) is 10.4. The molecular weight excluding hydrogens is 212 g/mol. The monoisotopic (exact) mass is 230 g/mol. The minimum atomic E-state index is 0.389. The molecule has 0 aliphatic heterocycles. The molecule has 0 amide bonds. The van der Waals surface area contributed by atoms with Crippen molar-refractivity contribution in [1.29, 1.82) is 5.26 Å². The maximum Gasteiger partial charge on any atom is 0.136 e. The summed E-state index contributed by atoms with van der Waals surface area (Å²) >= 11 is 0. The van der Waals surface area contributed by atoms with Crippen molar-refractivity contribution in [3.63, 3.8) is 0 Å². The van der Waals surface area contributed by atoms with Crippen LogP contribution in [-0.2, 0) is 6.54 Å². The van der Waals surface area contributed by atoms with Gasteiger partial charge < -0.3 is 10.1 Å². The van der Waals surface area contributed by atoms with Gasteiger partial charge in [-0.3, -0.25) is 0 Å². The SMILES string of the molecule is C=CCC(C)NCc1ccc(OC)c(C#N)c1. The van der Waals surface area contributed by atoms with Crippen LogP contribution in [0.2, 0.25) is 0 Å². The molecule has 0 aliphatic rings. The van der Waals surface area contributed by atoms with E-state index in [1.54, 1.807) is 7.11 Å². The summed E-state index contributed by atoms with van der Waals surface area (Å²) < 4.78 is 5.10. The van der Waals surface area contributed by atoms with Crippen molar-refractivity contribution < 1.29 is 4.74 Å². The highest BCUT2D eigenvalue weighted by atomic mass is 16.5. The molecule has 0 heterocycles. The van der Waals surface area contributed by atoms with Crippen molar-refractivity contribution in [2.24, 2.45) is 0 Å². The van der Waals surface area contributed by atoms with Gasteiger partial charge >= 0.3 is 0 Å². The Balaban J connectivity index is 2.67. The molecule has 0 radical (unpaired) electrons. The zero-order chi connectivity index (χ0) is 12.7. The summed E-state index contributed by atoms with van der Waals surface area (Å²) in [7, 11) is 1.57. The van der Waals surface area contributed by atoms with Crippen molar-refractivity contribution in [2.75, 3.05) is 7.11 Å². The van der Waals surface area contributed by atoms with Gasteiger partial charge in [0.05, 0.1) is 12.7 Å². The van der Waals surface area contributed by atoms with Crippen LogP contribution < -0.4 is 10.1 Å². The highest BCUT2D eigenvalue weighted by Gasteiger charge is 2.04. The highest BCUT2D eigenvalue weighted by Crippen LogP contribution is 2.18. The topological polar surface area (TPSA) is 45.0 Å². The molecule has 1 N–H and O–H groups in total. The minimum absolute atomic E-state index is 0.389. The van der Waals surface area contributed by atoms with E-state index < -0.39 is 0 Å². The fourth-order valence-corrected chi connectivity index (χ4v) is 1.58. The number of methoxy groups -OCH3 is 1. The van der Waals surface area contributed by atoms with Gasteiger partial charge in [-0.1, -0.05) is 12.1 Å². The van der Waals surface area contributed by atoms with Crippen molar-refractivity contribution in [3.05, 3.63) is 42.0 Å². The van der Waals surface area contributed by atoms with E-state index in [1.807, 2.05) is 24.3 Å². The third-order valence-electron chi connectivity index (χ3n) is 2.56. The first-order valence-electron chi connectivity index (χ1n) is 5.62. The summed E-state index contributed by atoms with van der Waals surface area (Å²) in [5.74, 6) is 0.621. The number of nitrogens with zero attached hydrogens (tertiary/aromatic N) is 1. The van der Waals surface area contributed by atoms with Gasteiger partial charge in [-0.05, 0) is 31.0 Å². The number of benzene rings is 1. The molecule has 90 valence electrons. The molecule has 1 aromatic rings. The summed E-state index contributed by atoms with van der Waals surface area (Å²) in [5.41, 5.74) is 1.65. The van der Waals surface area contributed by atoms with Crippen LogP contribution in [0.15, 0.2) is 30.9 Å². The maximum atomic E-state index is 8.97. The van der Waals surface area contributed by atoms with Crippen molar-refractivity contribution in [1.82, 2.24) is 5.32 Å². The Labute approximate surface area is 103 Å². The Kier molecular flexibility index (Phi) is 5.25. The minimum Gasteiger partial charge on any atom is -0.495 e. The number of hydrogen-bond acceptors (Lipinski definition) is 3. The largest absolute Gasteiger partial charge is 0.495 e. The number of nitriles is 1. The third-order valence-corrected chi connectivity index (χ3v) is 2.56. The summed E-state index contributed by atoms with van der Waals surface area (Å²) in [5, 5.41) is 12.3. The fourth-order valence-electron chi connectivity index (χ4n) is 1.58. The Morgan fingerprint density at radius 1 is 1.59 bits per heavy atom. The summed E-state index contributed by atoms with van der Waals surface area (Å²) in [6.07, 6.45) is 2.83. The first-order valence-corrected chi connectivity index (χ1v) is 5.62. The van der Waals surface area contributed by atoms with Crippen LogP contribution in [0.3, 0.4) is 0 Å². The van der Waals surface area contributed by atoms with Crippen molar-refractivity contribution in [3.8, 4) is 11.8 Å². The van der Waals surface area contributed by atoms with Gasteiger partial charge in [-0.15, -0.1) is 6.58 Å². The first kappa shape index (κ1) is 13.3. The average Bonchev–Trinajstić information content (AvgIpc) is 2.36. The normalized spacial score (nSPS) is 11.6. The van der Waals surface area contributed by atoms with Crippen LogP contribution in [0.1, 0.15) is 24.5 Å². The molecular formula is C14H18N2O. The molecule has 17 heavy (non-hydrogen) atoms. The van der Waals surface area contributed by atoms with Gasteiger partial charge in [0.25, 0.3) is 0 Å². The van der Waals surface area contributed by atoms with E-state index in [1.165, 1.54) is 0 Å². The molecule has 0 bridgehead atoms.